The third kappa shape index (κ3) is 4.71. The van der Waals surface area contributed by atoms with Gasteiger partial charge >= 0.3 is 0 Å². The number of amides is 2. The molecule has 0 aliphatic carbocycles. The molecule has 1 fully saturated rings. The van der Waals surface area contributed by atoms with Crippen LogP contribution in [0.25, 0.3) is 0 Å². The number of aromatic nitrogens is 3. The molecule has 0 spiro atoms. The Morgan fingerprint density at radius 1 is 1.33 bits per heavy atom. The van der Waals surface area contributed by atoms with Crippen LogP contribution in [0.3, 0.4) is 0 Å². The first-order valence-corrected chi connectivity index (χ1v) is 9.19. The van der Waals surface area contributed by atoms with Crippen molar-refractivity contribution in [3.63, 3.8) is 0 Å². The highest BCUT2D eigenvalue weighted by molar-refractivity contribution is 5.77. The highest BCUT2D eigenvalue weighted by Crippen LogP contribution is 2.19. The summed E-state index contributed by atoms with van der Waals surface area (Å²) in [6.07, 6.45) is 4.52. The summed E-state index contributed by atoms with van der Waals surface area (Å²) >= 11 is 0. The van der Waals surface area contributed by atoms with Gasteiger partial charge in [-0.05, 0) is 50.5 Å². The normalized spacial score (nSPS) is 19.6. The van der Waals surface area contributed by atoms with Gasteiger partial charge in [0.15, 0.2) is 6.29 Å². The molecular weight excluding hydrogens is 344 g/mol. The van der Waals surface area contributed by atoms with Crippen LogP contribution < -0.4 is 16.0 Å². The molecule has 2 atom stereocenters. The van der Waals surface area contributed by atoms with Crippen LogP contribution >= 0.6 is 0 Å². The van der Waals surface area contributed by atoms with Gasteiger partial charge in [0.2, 0.25) is 11.8 Å². The molecule has 0 saturated carbocycles. The quantitative estimate of drug-likeness (QED) is 0.707. The Morgan fingerprint density at radius 3 is 2.78 bits per heavy atom. The van der Waals surface area contributed by atoms with Gasteiger partial charge in [-0.15, -0.1) is 0 Å². The van der Waals surface area contributed by atoms with E-state index in [2.05, 4.69) is 26.0 Å². The second kappa shape index (κ2) is 8.30. The Morgan fingerprint density at radius 2 is 2.07 bits per heavy atom. The van der Waals surface area contributed by atoms with Crippen molar-refractivity contribution in [2.45, 2.75) is 58.9 Å². The van der Waals surface area contributed by atoms with E-state index >= 15 is 0 Å². The van der Waals surface area contributed by atoms with E-state index in [-0.39, 0.29) is 24.1 Å². The van der Waals surface area contributed by atoms with Crippen LogP contribution in [-0.2, 0) is 22.6 Å². The summed E-state index contributed by atoms with van der Waals surface area (Å²) < 4.78 is 1.80. The lowest BCUT2D eigenvalue weighted by molar-refractivity contribution is -0.125. The van der Waals surface area contributed by atoms with E-state index in [0.29, 0.717) is 25.8 Å². The Hall–Kier alpha value is -2.74. The second-order valence-corrected chi connectivity index (χ2v) is 6.97. The first kappa shape index (κ1) is 19.0. The number of nitrogens with zero attached hydrogens (tertiary/aromatic N) is 3. The standard InChI is InChI=1S/C19H26N6O2/c1-12-10-18(27)23-19(22-12)25-14(3)16(13(2)24-25)4-5-17(26)21-11-15-6-8-20-9-7-15/h6-9,12,19,22H,4-5,10-11H2,1-3H3,(H,21,26)(H,23,27). The molecule has 1 aliphatic heterocycles. The van der Waals surface area contributed by atoms with E-state index in [1.165, 1.54) is 0 Å². The van der Waals surface area contributed by atoms with Crippen molar-refractivity contribution < 1.29 is 9.59 Å². The predicted octanol–water partition coefficient (Wildman–Crippen LogP) is 1.10. The SMILES string of the molecule is Cc1nn(C2NC(=O)CC(C)N2)c(C)c1CCC(=O)NCc1ccncc1. The van der Waals surface area contributed by atoms with Crippen LogP contribution in [0.4, 0.5) is 0 Å². The van der Waals surface area contributed by atoms with E-state index in [0.717, 1.165) is 22.5 Å². The highest BCUT2D eigenvalue weighted by Gasteiger charge is 2.26. The number of hydrogen-bond acceptors (Lipinski definition) is 5. The summed E-state index contributed by atoms with van der Waals surface area (Å²) in [4.78, 5) is 28.0. The zero-order chi connectivity index (χ0) is 19.4. The van der Waals surface area contributed by atoms with E-state index in [1.807, 2.05) is 32.9 Å². The lowest BCUT2D eigenvalue weighted by Crippen LogP contribution is -2.52. The number of rotatable bonds is 6. The molecule has 0 aromatic carbocycles. The van der Waals surface area contributed by atoms with Gasteiger partial charge in [0.1, 0.15) is 0 Å². The summed E-state index contributed by atoms with van der Waals surface area (Å²) in [5.74, 6) is 0.00641. The van der Waals surface area contributed by atoms with Crippen molar-refractivity contribution in [1.82, 2.24) is 30.7 Å². The van der Waals surface area contributed by atoms with Gasteiger partial charge in [0, 0.05) is 43.5 Å². The molecule has 27 heavy (non-hydrogen) atoms. The second-order valence-electron chi connectivity index (χ2n) is 6.97. The van der Waals surface area contributed by atoms with E-state index in [1.54, 1.807) is 17.1 Å². The minimum atomic E-state index is -0.353. The fourth-order valence-electron chi connectivity index (χ4n) is 3.33. The monoisotopic (exact) mass is 370 g/mol. The molecule has 0 radical (unpaired) electrons. The van der Waals surface area contributed by atoms with Crippen molar-refractivity contribution in [3.05, 3.63) is 47.0 Å². The summed E-state index contributed by atoms with van der Waals surface area (Å²) in [5, 5.41) is 13.7. The summed E-state index contributed by atoms with van der Waals surface area (Å²) in [6.45, 7) is 6.37. The number of nitrogens with one attached hydrogen (secondary N) is 3. The van der Waals surface area contributed by atoms with Crippen molar-refractivity contribution in [1.29, 1.82) is 0 Å². The average Bonchev–Trinajstić information content (AvgIpc) is 2.92. The van der Waals surface area contributed by atoms with Gasteiger partial charge in [0.05, 0.1) is 5.69 Å². The smallest absolute Gasteiger partial charge is 0.224 e. The van der Waals surface area contributed by atoms with Crippen LogP contribution in [0, 0.1) is 13.8 Å². The van der Waals surface area contributed by atoms with Crippen molar-refractivity contribution in [3.8, 4) is 0 Å². The molecule has 0 bridgehead atoms. The molecule has 8 nitrogen and oxygen atoms in total. The Kier molecular flexibility index (Phi) is 5.85. The Labute approximate surface area is 158 Å². The molecule has 144 valence electrons. The molecule has 1 saturated heterocycles. The number of hydrogen-bond donors (Lipinski definition) is 3. The van der Waals surface area contributed by atoms with Crippen LogP contribution in [0.2, 0.25) is 0 Å². The molecule has 2 aromatic heterocycles. The zero-order valence-corrected chi connectivity index (χ0v) is 16.0. The van der Waals surface area contributed by atoms with Crippen molar-refractivity contribution in [2.75, 3.05) is 0 Å². The predicted molar refractivity (Wildman–Crippen MR) is 101 cm³/mol. The molecule has 2 amide bonds. The maximum Gasteiger partial charge on any atom is 0.224 e. The minimum Gasteiger partial charge on any atom is -0.352 e. The summed E-state index contributed by atoms with van der Waals surface area (Å²) in [5.41, 5.74) is 3.90. The summed E-state index contributed by atoms with van der Waals surface area (Å²) in [7, 11) is 0. The fourth-order valence-corrected chi connectivity index (χ4v) is 3.33. The fraction of sp³-hybridized carbons (Fsp3) is 0.474. The first-order chi connectivity index (χ1) is 12.9. The van der Waals surface area contributed by atoms with Crippen LogP contribution in [0.1, 0.15) is 48.6 Å². The lowest BCUT2D eigenvalue weighted by Gasteiger charge is -2.30. The molecule has 3 rings (SSSR count). The Bertz CT molecular complexity index is 817. The Balaban J connectivity index is 1.59. The molecule has 2 unspecified atom stereocenters. The minimum absolute atomic E-state index is 0.00363. The van der Waals surface area contributed by atoms with Crippen LogP contribution in [-0.4, -0.2) is 32.6 Å². The number of carbonyl (C=O) groups excluding carboxylic acids is 2. The topological polar surface area (TPSA) is 101 Å². The maximum atomic E-state index is 12.2. The van der Waals surface area contributed by atoms with Gasteiger partial charge < -0.3 is 10.6 Å². The first-order valence-electron chi connectivity index (χ1n) is 9.19. The molecule has 2 aromatic rings. The van der Waals surface area contributed by atoms with E-state index in [4.69, 9.17) is 0 Å². The van der Waals surface area contributed by atoms with E-state index < -0.39 is 0 Å². The number of carbonyl (C=O) groups is 2. The van der Waals surface area contributed by atoms with Crippen molar-refractivity contribution in [2.24, 2.45) is 0 Å². The van der Waals surface area contributed by atoms with Crippen molar-refractivity contribution >= 4 is 11.8 Å². The third-order valence-corrected chi connectivity index (χ3v) is 4.79. The van der Waals surface area contributed by atoms with Gasteiger partial charge in [-0.1, -0.05) is 0 Å². The van der Waals surface area contributed by atoms with Crippen LogP contribution in [0.5, 0.6) is 0 Å². The molecular formula is C19H26N6O2. The van der Waals surface area contributed by atoms with Crippen LogP contribution in [0.15, 0.2) is 24.5 Å². The van der Waals surface area contributed by atoms with Gasteiger partial charge in [-0.2, -0.15) is 5.10 Å². The largest absolute Gasteiger partial charge is 0.352 e. The average molecular weight is 370 g/mol. The van der Waals surface area contributed by atoms with Gasteiger partial charge in [0.25, 0.3) is 0 Å². The highest BCUT2D eigenvalue weighted by atomic mass is 16.2. The third-order valence-electron chi connectivity index (χ3n) is 4.79. The molecule has 3 heterocycles. The number of aryl methyl sites for hydroxylation is 1. The number of pyridine rings is 1. The van der Waals surface area contributed by atoms with E-state index in [9.17, 15) is 9.59 Å². The summed E-state index contributed by atoms with van der Waals surface area (Å²) in [6, 6.07) is 3.85. The molecule has 3 N–H and O–H groups in total. The lowest BCUT2D eigenvalue weighted by atomic mass is 10.1. The molecule has 1 aliphatic rings. The van der Waals surface area contributed by atoms with Gasteiger partial charge in [-0.25, -0.2) is 4.68 Å². The molecule has 8 heteroatoms. The maximum absolute atomic E-state index is 12.2. The zero-order valence-electron chi connectivity index (χ0n) is 16.0. The van der Waals surface area contributed by atoms with Gasteiger partial charge in [-0.3, -0.25) is 19.9 Å².